The van der Waals surface area contributed by atoms with E-state index in [4.69, 9.17) is 9.47 Å². The predicted octanol–water partition coefficient (Wildman–Crippen LogP) is 4.39. The Morgan fingerprint density at radius 3 is 2.46 bits per heavy atom. The average molecular weight is 462 g/mol. The van der Waals surface area contributed by atoms with Gasteiger partial charge in [0.1, 0.15) is 11.5 Å². The van der Waals surface area contributed by atoms with Crippen molar-refractivity contribution in [3.63, 3.8) is 0 Å². The van der Waals surface area contributed by atoms with E-state index in [9.17, 15) is 14.4 Å². The summed E-state index contributed by atoms with van der Waals surface area (Å²) < 4.78 is 11.3. The monoisotopic (exact) mass is 461 g/mol. The number of ketones is 1. The third-order valence-corrected chi connectivity index (χ3v) is 5.50. The van der Waals surface area contributed by atoms with Crippen LogP contribution in [-0.4, -0.2) is 42.6 Å². The molecule has 0 saturated carbocycles. The van der Waals surface area contributed by atoms with E-state index in [1.807, 2.05) is 0 Å². The first-order valence-electron chi connectivity index (χ1n) is 8.19. The second-order valence-corrected chi connectivity index (χ2v) is 7.71. The molecule has 0 radical (unpaired) electrons. The van der Waals surface area contributed by atoms with Crippen molar-refractivity contribution in [3.05, 3.63) is 63.0 Å². The number of Topliss-reactive ketones (excluding diaryl/α,β-unsaturated/α-hetero) is 1. The van der Waals surface area contributed by atoms with Crippen LogP contribution in [-0.2, 0) is 4.79 Å². The van der Waals surface area contributed by atoms with Gasteiger partial charge in [-0.05, 0) is 42.1 Å². The molecule has 1 saturated heterocycles. The third kappa shape index (κ3) is 4.28. The summed E-state index contributed by atoms with van der Waals surface area (Å²) in [5.74, 6) is 0.315. The summed E-state index contributed by atoms with van der Waals surface area (Å²) in [7, 11) is 3.05. The highest BCUT2D eigenvalue weighted by atomic mass is 79.9. The van der Waals surface area contributed by atoms with Crippen molar-refractivity contribution in [2.75, 3.05) is 20.8 Å². The summed E-state index contributed by atoms with van der Waals surface area (Å²) >= 11 is 4.10. The number of benzene rings is 2. The molecule has 0 bridgehead atoms. The van der Waals surface area contributed by atoms with Gasteiger partial charge in [-0.1, -0.05) is 28.1 Å². The Kier molecular flexibility index (Phi) is 6.21. The summed E-state index contributed by atoms with van der Waals surface area (Å²) in [5.41, 5.74) is 1.07. The number of hydrogen-bond donors (Lipinski definition) is 0. The van der Waals surface area contributed by atoms with E-state index >= 15 is 0 Å². The molecule has 0 atom stereocenters. The van der Waals surface area contributed by atoms with Gasteiger partial charge >= 0.3 is 0 Å². The molecule has 2 aromatic rings. The molecule has 0 unspecified atom stereocenters. The first-order chi connectivity index (χ1) is 13.4. The highest BCUT2D eigenvalue weighted by Crippen LogP contribution is 2.35. The maximum absolute atomic E-state index is 12.7. The molecule has 0 N–H and O–H groups in total. The van der Waals surface area contributed by atoms with Gasteiger partial charge in [0.15, 0.2) is 5.78 Å². The fraction of sp³-hybridized carbons (Fsp3) is 0.150. The van der Waals surface area contributed by atoms with E-state index in [2.05, 4.69) is 15.9 Å². The van der Waals surface area contributed by atoms with Crippen LogP contribution in [0.2, 0.25) is 0 Å². The molecule has 1 heterocycles. The number of methoxy groups -OCH3 is 2. The number of amides is 2. The minimum atomic E-state index is -0.502. The van der Waals surface area contributed by atoms with E-state index in [0.717, 1.165) is 21.1 Å². The van der Waals surface area contributed by atoms with E-state index in [1.54, 1.807) is 55.7 Å². The molecule has 0 spiro atoms. The number of nitrogens with zero attached hydrogens (tertiary/aromatic N) is 1. The Labute approximate surface area is 174 Å². The minimum Gasteiger partial charge on any atom is -0.497 e. The molecule has 2 aromatic carbocycles. The fourth-order valence-corrected chi connectivity index (χ4v) is 3.68. The van der Waals surface area contributed by atoms with Crippen molar-refractivity contribution in [3.8, 4) is 11.5 Å². The average Bonchev–Trinajstić information content (AvgIpc) is 2.96. The van der Waals surface area contributed by atoms with Crippen LogP contribution in [0.1, 0.15) is 15.9 Å². The zero-order valence-corrected chi connectivity index (χ0v) is 17.5. The lowest BCUT2D eigenvalue weighted by Crippen LogP contribution is -2.33. The van der Waals surface area contributed by atoms with Gasteiger partial charge in [0.05, 0.1) is 25.7 Å². The molecule has 144 valence electrons. The number of ether oxygens (including phenoxy) is 2. The van der Waals surface area contributed by atoms with Crippen molar-refractivity contribution in [1.82, 2.24) is 4.90 Å². The smallest absolute Gasteiger partial charge is 0.293 e. The first kappa shape index (κ1) is 20.2. The van der Waals surface area contributed by atoms with Crippen molar-refractivity contribution in [2.24, 2.45) is 0 Å². The lowest BCUT2D eigenvalue weighted by molar-refractivity contribution is -0.122. The zero-order valence-electron chi connectivity index (χ0n) is 15.1. The van der Waals surface area contributed by atoms with Gasteiger partial charge in [-0.15, -0.1) is 0 Å². The molecular weight excluding hydrogens is 446 g/mol. The number of imide groups is 1. The first-order valence-corrected chi connectivity index (χ1v) is 9.80. The van der Waals surface area contributed by atoms with Crippen LogP contribution >= 0.6 is 27.7 Å². The van der Waals surface area contributed by atoms with E-state index < -0.39 is 11.1 Å². The van der Waals surface area contributed by atoms with Crippen molar-refractivity contribution in [1.29, 1.82) is 0 Å². The zero-order chi connectivity index (χ0) is 20.3. The highest BCUT2D eigenvalue weighted by Gasteiger charge is 2.36. The van der Waals surface area contributed by atoms with E-state index in [-0.39, 0.29) is 17.2 Å². The van der Waals surface area contributed by atoms with Gasteiger partial charge in [-0.3, -0.25) is 19.3 Å². The van der Waals surface area contributed by atoms with Crippen LogP contribution in [0.5, 0.6) is 11.5 Å². The maximum Gasteiger partial charge on any atom is 0.293 e. The van der Waals surface area contributed by atoms with Crippen LogP contribution in [0.15, 0.2) is 51.8 Å². The molecule has 0 aromatic heterocycles. The molecular formula is C20H16BrNO5S. The van der Waals surface area contributed by atoms with Crippen molar-refractivity contribution >= 4 is 50.7 Å². The van der Waals surface area contributed by atoms with Gasteiger partial charge in [-0.2, -0.15) is 0 Å². The van der Waals surface area contributed by atoms with E-state index in [0.29, 0.717) is 22.6 Å². The Bertz CT molecular complexity index is 971. The van der Waals surface area contributed by atoms with Crippen LogP contribution in [0.25, 0.3) is 6.08 Å². The van der Waals surface area contributed by atoms with Gasteiger partial charge < -0.3 is 9.47 Å². The van der Waals surface area contributed by atoms with E-state index in [1.165, 1.54) is 7.11 Å². The number of carbonyl (C=O) groups excluding carboxylic acids is 3. The molecule has 3 rings (SSSR count). The highest BCUT2D eigenvalue weighted by molar-refractivity contribution is 9.10. The largest absolute Gasteiger partial charge is 0.497 e. The predicted molar refractivity (Wildman–Crippen MR) is 111 cm³/mol. The molecule has 1 aliphatic rings. The summed E-state index contributed by atoms with van der Waals surface area (Å²) in [6.45, 7) is -0.302. The van der Waals surface area contributed by atoms with Gasteiger partial charge in [0.2, 0.25) is 0 Å². The summed E-state index contributed by atoms with van der Waals surface area (Å²) in [6.07, 6.45) is 1.58. The Morgan fingerprint density at radius 1 is 1.11 bits per heavy atom. The fourth-order valence-electron chi connectivity index (χ4n) is 2.59. The van der Waals surface area contributed by atoms with Crippen LogP contribution in [0, 0.1) is 0 Å². The number of halogens is 1. The Morgan fingerprint density at radius 2 is 1.82 bits per heavy atom. The lowest BCUT2D eigenvalue weighted by Gasteiger charge is -2.11. The van der Waals surface area contributed by atoms with Crippen LogP contribution in [0.4, 0.5) is 4.79 Å². The molecule has 2 amide bonds. The third-order valence-electron chi connectivity index (χ3n) is 4.07. The Hall–Kier alpha value is -2.58. The molecule has 1 aliphatic heterocycles. The minimum absolute atomic E-state index is 0.233. The summed E-state index contributed by atoms with van der Waals surface area (Å²) in [5, 5.41) is -0.478. The molecule has 0 aliphatic carbocycles. The van der Waals surface area contributed by atoms with Crippen molar-refractivity contribution in [2.45, 2.75) is 0 Å². The number of thioether (sulfide) groups is 1. The quantitative estimate of drug-likeness (QED) is 0.469. The number of carbonyl (C=O) groups is 3. The van der Waals surface area contributed by atoms with Crippen molar-refractivity contribution < 1.29 is 23.9 Å². The Balaban J connectivity index is 1.80. The second-order valence-electron chi connectivity index (χ2n) is 5.81. The maximum atomic E-state index is 12.7. The summed E-state index contributed by atoms with van der Waals surface area (Å²) in [6, 6.07) is 11.9. The second kappa shape index (κ2) is 8.62. The normalized spacial score (nSPS) is 15.2. The van der Waals surface area contributed by atoms with Gasteiger partial charge in [0, 0.05) is 21.7 Å². The topological polar surface area (TPSA) is 72.9 Å². The molecule has 6 nitrogen and oxygen atoms in total. The lowest BCUT2D eigenvalue weighted by atomic mass is 10.1. The molecule has 8 heteroatoms. The summed E-state index contributed by atoms with van der Waals surface area (Å²) in [4.78, 5) is 38.5. The molecule has 1 fully saturated rings. The van der Waals surface area contributed by atoms with Crippen LogP contribution in [0.3, 0.4) is 0 Å². The number of rotatable bonds is 6. The number of hydrogen-bond acceptors (Lipinski definition) is 6. The van der Waals surface area contributed by atoms with Crippen LogP contribution < -0.4 is 9.47 Å². The standard InChI is InChI=1S/C20H16BrNO5S/c1-26-15-8-5-13(17(10-15)27-2)9-18-19(24)22(20(25)28-18)11-16(23)12-3-6-14(21)7-4-12/h3-10H,11H2,1-2H3/b18-9+. The SMILES string of the molecule is COc1ccc(/C=C2/SC(=O)N(CC(=O)c3ccc(Br)cc3)C2=O)c(OC)c1. The van der Waals surface area contributed by atoms with Gasteiger partial charge in [-0.25, -0.2) is 0 Å². The van der Waals surface area contributed by atoms with Gasteiger partial charge in [0.25, 0.3) is 11.1 Å². The molecule has 28 heavy (non-hydrogen) atoms.